The second-order valence-electron chi connectivity index (χ2n) is 11.7. The first-order valence-corrected chi connectivity index (χ1v) is 13.4. The number of nitrogens with zero attached hydrogens (tertiary/aromatic N) is 1. The maximum absolute atomic E-state index is 13.6. The first-order chi connectivity index (χ1) is 17.9. The molecule has 1 aromatic rings. The van der Waals surface area contributed by atoms with Crippen molar-refractivity contribution in [1.82, 2.24) is 20.9 Å². The fourth-order valence-corrected chi connectivity index (χ4v) is 4.92. The monoisotopic (exact) mass is 530 g/mol. The standard InChI is InChI=1S/C28H42N4O6/c1-17(2)20-14-22(32(16-20)27(37)38-28(3,4)5)25(35)31-21(13-19-11-12-29-24(19)34)23(33)26(36)30-15-18-9-7-6-8-10-18/h6-10,17,19-23,33H,11-16H2,1-5H3,(H,29,34)(H,30,36)(H,31,35)/t19-,20+,21-,22-,23?/m0/s1. The number of hydrogen-bond acceptors (Lipinski definition) is 6. The van der Waals surface area contributed by atoms with E-state index in [2.05, 4.69) is 16.0 Å². The van der Waals surface area contributed by atoms with Crippen molar-refractivity contribution < 1.29 is 29.0 Å². The third kappa shape index (κ3) is 7.93. The molecule has 0 aromatic heterocycles. The van der Waals surface area contributed by atoms with Crippen molar-refractivity contribution in [2.75, 3.05) is 13.1 Å². The number of amides is 4. The highest BCUT2D eigenvalue weighted by Crippen LogP contribution is 2.31. The van der Waals surface area contributed by atoms with Crippen molar-refractivity contribution in [3.63, 3.8) is 0 Å². The van der Waals surface area contributed by atoms with Crippen molar-refractivity contribution in [3.8, 4) is 0 Å². The summed E-state index contributed by atoms with van der Waals surface area (Å²) in [6, 6.07) is 7.45. The highest BCUT2D eigenvalue weighted by Gasteiger charge is 2.44. The molecule has 2 fully saturated rings. The molecule has 4 N–H and O–H groups in total. The first kappa shape index (κ1) is 29.4. The van der Waals surface area contributed by atoms with Gasteiger partial charge in [0.1, 0.15) is 11.6 Å². The van der Waals surface area contributed by atoms with Gasteiger partial charge in [0.2, 0.25) is 11.8 Å². The van der Waals surface area contributed by atoms with Crippen LogP contribution in [0, 0.1) is 17.8 Å². The molecule has 2 aliphatic rings. The number of carbonyl (C=O) groups excluding carboxylic acids is 4. The lowest BCUT2D eigenvalue weighted by Gasteiger charge is -2.30. The lowest BCUT2D eigenvalue weighted by atomic mass is 9.92. The zero-order chi connectivity index (χ0) is 28.0. The zero-order valence-corrected chi connectivity index (χ0v) is 23.0. The zero-order valence-electron chi connectivity index (χ0n) is 23.0. The number of nitrogens with one attached hydrogen (secondary N) is 3. The minimum atomic E-state index is -1.58. The molecule has 0 spiro atoms. The lowest BCUT2D eigenvalue weighted by Crippen LogP contribution is -2.56. The van der Waals surface area contributed by atoms with Gasteiger partial charge in [-0.1, -0.05) is 44.2 Å². The molecule has 2 saturated heterocycles. The predicted octanol–water partition coefficient (Wildman–Crippen LogP) is 1.96. The van der Waals surface area contributed by atoms with Crippen LogP contribution in [0.1, 0.15) is 59.4 Å². The lowest BCUT2D eigenvalue weighted by molar-refractivity contribution is -0.135. The summed E-state index contributed by atoms with van der Waals surface area (Å²) >= 11 is 0. The van der Waals surface area contributed by atoms with E-state index in [0.717, 1.165) is 5.56 Å². The summed E-state index contributed by atoms with van der Waals surface area (Å²) in [5.41, 5.74) is 0.141. The molecule has 1 aromatic carbocycles. The molecule has 2 aliphatic heterocycles. The van der Waals surface area contributed by atoms with E-state index in [4.69, 9.17) is 4.74 Å². The van der Waals surface area contributed by atoms with E-state index in [0.29, 0.717) is 25.9 Å². The number of ether oxygens (including phenoxy) is 1. The fraction of sp³-hybridized carbons (Fsp3) is 0.643. The maximum atomic E-state index is 13.6. The predicted molar refractivity (Wildman–Crippen MR) is 142 cm³/mol. The Labute approximate surface area is 224 Å². The van der Waals surface area contributed by atoms with Crippen molar-refractivity contribution in [2.45, 2.75) is 84.2 Å². The van der Waals surface area contributed by atoms with Crippen LogP contribution in [0.15, 0.2) is 30.3 Å². The van der Waals surface area contributed by atoms with Crippen LogP contribution in [0.3, 0.4) is 0 Å². The average molecular weight is 531 g/mol. The number of rotatable bonds is 9. The van der Waals surface area contributed by atoms with E-state index in [9.17, 15) is 24.3 Å². The Morgan fingerprint density at radius 3 is 2.45 bits per heavy atom. The van der Waals surface area contributed by atoms with Gasteiger partial charge in [0.05, 0.1) is 6.04 Å². The van der Waals surface area contributed by atoms with E-state index >= 15 is 0 Å². The van der Waals surface area contributed by atoms with Gasteiger partial charge < -0.3 is 25.8 Å². The highest BCUT2D eigenvalue weighted by atomic mass is 16.6. The SMILES string of the molecule is CC(C)[C@@H]1C[C@@H](C(=O)N[C@@H](C[C@@H]2CCNC2=O)C(O)C(=O)NCc2ccccc2)N(C(=O)OC(C)(C)C)C1. The number of benzene rings is 1. The molecule has 0 aliphatic carbocycles. The quantitative estimate of drug-likeness (QED) is 0.385. The van der Waals surface area contributed by atoms with Crippen molar-refractivity contribution in [1.29, 1.82) is 0 Å². The van der Waals surface area contributed by atoms with Crippen LogP contribution in [-0.4, -0.2) is 70.7 Å². The molecule has 10 nitrogen and oxygen atoms in total. The molecule has 4 amide bonds. The van der Waals surface area contributed by atoms with Crippen LogP contribution in [0.4, 0.5) is 4.79 Å². The summed E-state index contributed by atoms with van der Waals surface area (Å²) in [5.74, 6) is -1.39. The Bertz CT molecular complexity index is 993. The Kier molecular flexibility index (Phi) is 9.76. The topological polar surface area (TPSA) is 137 Å². The summed E-state index contributed by atoms with van der Waals surface area (Å²) in [6.07, 6.45) is -1.06. The minimum Gasteiger partial charge on any atom is -0.444 e. The number of hydrogen-bond donors (Lipinski definition) is 4. The van der Waals surface area contributed by atoms with Crippen molar-refractivity contribution in [2.24, 2.45) is 17.8 Å². The normalized spacial score (nSPS) is 23.1. The third-order valence-electron chi connectivity index (χ3n) is 7.20. The van der Waals surface area contributed by atoms with Crippen molar-refractivity contribution >= 4 is 23.8 Å². The summed E-state index contributed by atoms with van der Waals surface area (Å²) in [7, 11) is 0. The number of carbonyl (C=O) groups is 4. The van der Waals surface area contributed by atoms with Gasteiger partial charge in [0.25, 0.3) is 5.91 Å². The second kappa shape index (κ2) is 12.6. The fourth-order valence-electron chi connectivity index (χ4n) is 4.92. The van der Waals surface area contributed by atoms with Crippen LogP contribution < -0.4 is 16.0 Å². The van der Waals surface area contributed by atoms with Gasteiger partial charge in [-0.2, -0.15) is 0 Å². The smallest absolute Gasteiger partial charge is 0.410 e. The summed E-state index contributed by atoms with van der Waals surface area (Å²) in [5, 5.41) is 19.3. The molecule has 0 radical (unpaired) electrons. The number of aliphatic hydroxyl groups excluding tert-OH is 1. The molecule has 0 saturated carbocycles. The number of aliphatic hydroxyl groups is 1. The van der Waals surface area contributed by atoms with E-state index < -0.39 is 47.6 Å². The van der Waals surface area contributed by atoms with Crippen LogP contribution in [0.2, 0.25) is 0 Å². The Morgan fingerprint density at radius 2 is 1.87 bits per heavy atom. The second-order valence-corrected chi connectivity index (χ2v) is 11.7. The van der Waals surface area contributed by atoms with Gasteiger partial charge in [-0.05, 0) is 57.4 Å². The van der Waals surface area contributed by atoms with Gasteiger partial charge in [0.15, 0.2) is 6.10 Å². The van der Waals surface area contributed by atoms with E-state index in [-0.39, 0.29) is 30.7 Å². The van der Waals surface area contributed by atoms with Crippen LogP contribution in [0.5, 0.6) is 0 Å². The molecule has 38 heavy (non-hydrogen) atoms. The van der Waals surface area contributed by atoms with Gasteiger partial charge in [-0.15, -0.1) is 0 Å². The van der Waals surface area contributed by atoms with Crippen LogP contribution >= 0.6 is 0 Å². The largest absolute Gasteiger partial charge is 0.444 e. The summed E-state index contributed by atoms with van der Waals surface area (Å²) in [4.78, 5) is 53.1. The van der Waals surface area contributed by atoms with Crippen LogP contribution in [-0.2, 0) is 25.7 Å². The first-order valence-electron chi connectivity index (χ1n) is 13.4. The molecular formula is C28H42N4O6. The Hall–Kier alpha value is -3.14. The molecular weight excluding hydrogens is 488 g/mol. The molecule has 210 valence electrons. The third-order valence-corrected chi connectivity index (χ3v) is 7.20. The van der Waals surface area contributed by atoms with Gasteiger partial charge >= 0.3 is 6.09 Å². The summed E-state index contributed by atoms with van der Waals surface area (Å²) < 4.78 is 5.56. The highest BCUT2D eigenvalue weighted by molar-refractivity contribution is 5.88. The van der Waals surface area contributed by atoms with E-state index in [1.54, 1.807) is 20.8 Å². The minimum absolute atomic E-state index is 0.0939. The number of likely N-dealkylation sites (tertiary alicyclic amines) is 1. The van der Waals surface area contributed by atoms with E-state index in [1.807, 2.05) is 44.2 Å². The molecule has 3 rings (SSSR count). The van der Waals surface area contributed by atoms with Gasteiger partial charge in [-0.25, -0.2) is 4.79 Å². The van der Waals surface area contributed by atoms with Crippen LogP contribution in [0.25, 0.3) is 0 Å². The van der Waals surface area contributed by atoms with Gasteiger partial charge in [0, 0.05) is 25.6 Å². The molecule has 10 heteroatoms. The van der Waals surface area contributed by atoms with Gasteiger partial charge in [-0.3, -0.25) is 19.3 Å². The Morgan fingerprint density at radius 1 is 1.18 bits per heavy atom. The van der Waals surface area contributed by atoms with E-state index in [1.165, 1.54) is 4.90 Å². The average Bonchev–Trinajstić information content (AvgIpc) is 3.48. The van der Waals surface area contributed by atoms with Crippen molar-refractivity contribution in [3.05, 3.63) is 35.9 Å². The maximum Gasteiger partial charge on any atom is 0.410 e. The molecule has 2 heterocycles. The molecule has 5 atom stereocenters. The summed E-state index contributed by atoms with van der Waals surface area (Å²) in [6.45, 7) is 10.5. The Balaban J connectivity index is 1.75. The molecule has 1 unspecified atom stereocenters. The molecule has 0 bridgehead atoms.